The van der Waals surface area contributed by atoms with Crippen LogP contribution in [0.2, 0.25) is 0 Å². The molecule has 0 aromatic heterocycles. The third kappa shape index (κ3) is 3.73. The number of hydrogen-bond donors (Lipinski definition) is 2. The number of aromatic carboxylic acids is 1. The first kappa shape index (κ1) is 15.0. The van der Waals surface area contributed by atoms with E-state index in [0.717, 1.165) is 11.0 Å². The molecule has 0 atom stereocenters. The van der Waals surface area contributed by atoms with E-state index >= 15 is 0 Å². The Morgan fingerprint density at radius 3 is 2.56 bits per heavy atom. The average Bonchev–Trinajstić information content (AvgIpc) is 2.27. The van der Waals surface area contributed by atoms with E-state index in [0.29, 0.717) is 17.2 Å². The zero-order valence-electron chi connectivity index (χ0n) is 11.2. The summed E-state index contributed by atoms with van der Waals surface area (Å²) < 4.78 is 0.772. The summed E-state index contributed by atoms with van der Waals surface area (Å²) in [6.07, 6.45) is 0. The summed E-state index contributed by atoms with van der Waals surface area (Å²) in [6, 6.07) is 5.26. The summed E-state index contributed by atoms with van der Waals surface area (Å²) in [7, 11) is 0. The monoisotopic (exact) mass is 313 g/mol. The highest BCUT2D eigenvalue weighted by atomic mass is 79.9. The number of carbonyl (C=O) groups is 1. The Morgan fingerprint density at radius 2 is 2.06 bits per heavy atom. The minimum Gasteiger partial charge on any atom is -0.478 e. The quantitative estimate of drug-likeness (QED) is 0.854. The van der Waals surface area contributed by atoms with Gasteiger partial charge >= 0.3 is 5.97 Å². The number of hydrogen-bond acceptors (Lipinski definition) is 2. The van der Waals surface area contributed by atoms with E-state index in [1.165, 1.54) is 0 Å². The fourth-order valence-electron chi connectivity index (χ4n) is 1.37. The van der Waals surface area contributed by atoms with Gasteiger partial charge in [0.2, 0.25) is 0 Å². The van der Waals surface area contributed by atoms with Gasteiger partial charge in [0, 0.05) is 16.7 Å². The molecule has 0 fully saturated rings. The van der Waals surface area contributed by atoms with Crippen molar-refractivity contribution >= 4 is 27.6 Å². The fourth-order valence-corrected chi connectivity index (χ4v) is 1.74. The average molecular weight is 314 g/mol. The second-order valence-electron chi connectivity index (χ2n) is 5.49. The highest BCUT2D eigenvalue weighted by Gasteiger charge is 2.22. The zero-order valence-corrected chi connectivity index (χ0v) is 12.8. The van der Waals surface area contributed by atoms with Gasteiger partial charge in [-0.05, 0) is 29.5 Å². The van der Waals surface area contributed by atoms with E-state index in [2.05, 4.69) is 48.9 Å². The molecule has 3 nitrogen and oxygen atoms in total. The molecule has 18 heavy (non-hydrogen) atoms. The van der Waals surface area contributed by atoms with Crippen LogP contribution < -0.4 is 5.32 Å². The first-order valence-electron chi connectivity index (χ1n) is 6.01. The van der Waals surface area contributed by atoms with Gasteiger partial charge in [-0.15, -0.1) is 0 Å². The molecule has 0 aliphatic heterocycles. The predicted octanol–water partition coefficient (Wildman–Crippen LogP) is 4.24. The summed E-state index contributed by atoms with van der Waals surface area (Å²) in [4.78, 5) is 11.2. The molecule has 4 heteroatoms. The number of anilines is 1. The maximum Gasteiger partial charge on any atom is 0.337 e. The number of rotatable bonds is 5. The molecule has 0 aliphatic carbocycles. The van der Waals surface area contributed by atoms with Crippen LogP contribution in [0.15, 0.2) is 22.7 Å². The highest BCUT2D eigenvalue weighted by molar-refractivity contribution is 9.10. The number of nitrogens with one attached hydrogen (secondary N) is 1. The number of benzene rings is 1. The van der Waals surface area contributed by atoms with E-state index in [1.54, 1.807) is 12.1 Å². The van der Waals surface area contributed by atoms with Crippen molar-refractivity contribution in [3.8, 4) is 0 Å². The normalized spacial score (nSPS) is 11.7. The molecule has 0 spiro atoms. The smallest absolute Gasteiger partial charge is 0.337 e. The van der Waals surface area contributed by atoms with E-state index in [9.17, 15) is 4.79 Å². The summed E-state index contributed by atoms with van der Waals surface area (Å²) in [5, 5.41) is 12.4. The van der Waals surface area contributed by atoms with Crippen molar-refractivity contribution in [1.29, 1.82) is 0 Å². The first-order valence-corrected chi connectivity index (χ1v) is 6.80. The molecule has 1 aromatic carbocycles. The lowest BCUT2D eigenvalue weighted by Crippen LogP contribution is -2.29. The lowest BCUT2D eigenvalue weighted by Gasteiger charge is -2.30. The van der Waals surface area contributed by atoms with Gasteiger partial charge in [0.15, 0.2) is 0 Å². The SMILES string of the molecule is CC(C)C(C)(C)CNc1ccc(Br)cc1C(=O)O. The van der Waals surface area contributed by atoms with Crippen molar-refractivity contribution in [2.45, 2.75) is 27.7 Å². The van der Waals surface area contributed by atoms with Gasteiger partial charge in [-0.2, -0.15) is 0 Å². The molecule has 0 aliphatic rings. The molecule has 0 saturated carbocycles. The van der Waals surface area contributed by atoms with E-state index in [1.807, 2.05) is 6.07 Å². The molecule has 1 aromatic rings. The predicted molar refractivity (Wildman–Crippen MR) is 78.2 cm³/mol. The van der Waals surface area contributed by atoms with Crippen LogP contribution in [0.5, 0.6) is 0 Å². The van der Waals surface area contributed by atoms with Gasteiger partial charge in [0.25, 0.3) is 0 Å². The summed E-state index contributed by atoms with van der Waals surface area (Å²) in [6.45, 7) is 9.42. The highest BCUT2D eigenvalue weighted by Crippen LogP contribution is 2.28. The maximum absolute atomic E-state index is 11.2. The third-order valence-electron chi connectivity index (χ3n) is 3.51. The molecule has 0 unspecified atom stereocenters. The Hall–Kier alpha value is -1.03. The Labute approximate surface area is 117 Å². The molecule has 0 radical (unpaired) electrons. The van der Waals surface area contributed by atoms with Gasteiger partial charge in [0.1, 0.15) is 0 Å². The van der Waals surface area contributed by atoms with Gasteiger partial charge < -0.3 is 10.4 Å². The first-order chi connectivity index (χ1) is 8.24. The zero-order chi connectivity index (χ0) is 13.9. The van der Waals surface area contributed by atoms with Gasteiger partial charge in [-0.3, -0.25) is 0 Å². The molecular formula is C14H20BrNO2. The van der Waals surface area contributed by atoms with Crippen molar-refractivity contribution in [2.24, 2.45) is 11.3 Å². The van der Waals surface area contributed by atoms with Crippen molar-refractivity contribution in [3.63, 3.8) is 0 Å². The standard InChI is InChI=1S/C14H20BrNO2/c1-9(2)14(3,4)8-16-12-6-5-10(15)7-11(12)13(17)18/h5-7,9,16H,8H2,1-4H3,(H,17,18). The summed E-state index contributed by atoms with van der Waals surface area (Å²) in [5.41, 5.74) is 1.08. The van der Waals surface area contributed by atoms with Crippen LogP contribution in [0.25, 0.3) is 0 Å². The fraction of sp³-hybridized carbons (Fsp3) is 0.500. The topological polar surface area (TPSA) is 49.3 Å². The van der Waals surface area contributed by atoms with E-state index < -0.39 is 5.97 Å². The minimum atomic E-state index is -0.916. The summed E-state index contributed by atoms with van der Waals surface area (Å²) in [5.74, 6) is -0.394. The molecule has 100 valence electrons. The number of halogens is 1. The Kier molecular flexibility index (Phi) is 4.79. The van der Waals surface area contributed by atoms with Crippen molar-refractivity contribution in [3.05, 3.63) is 28.2 Å². The van der Waals surface area contributed by atoms with Gasteiger partial charge in [-0.25, -0.2) is 4.79 Å². The lowest BCUT2D eigenvalue weighted by molar-refractivity contribution is 0.0697. The summed E-state index contributed by atoms with van der Waals surface area (Å²) >= 11 is 3.29. The Morgan fingerprint density at radius 1 is 1.44 bits per heavy atom. The third-order valence-corrected chi connectivity index (χ3v) is 4.00. The minimum absolute atomic E-state index is 0.114. The number of carboxylic acid groups (broad SMARTS) is 1. The molecule has 1 rings (SSSR count). The molecule has 0 saturated heterocycles. The van der Waals surface area contributed by atoms with Crippen LogP contribution in [0, 0.1) is 11.3 Å². The van der Waals surface area contributed by atoms with Crippen molar-refractivity contribution < 1.29 is 9.90 Å². The molecule has 0 heterocycles. The van der Waals surface area contributed by atoms with Crippen LogP contribution in [0.4, 0.5) is 5.69 Å². The number of carboxylic acids is 1. The second-order valence-corrected chi connectivity index (χ2v) is 6.41. The van der Waals surface area contributed by atoms with Gasteiger partial charge in [-0.1, -0.05) is 43.6 Å². The van der Waals surface area contributed by atoms with E-state index in [-0.39, 0.29) is 5.41 Å². The molecule has 2 N–H and O–H groups in total. The van der Waals surface area contributed by atoms with Crippen LogP contribution >= 0.6 is 15.9 Å². The van der Waals surface area contributed by atoms with E-state index in [4.69, 9.17) is 5.11 Å². The Bertz CT molecular complexity index is 441. The van der Waals surface area contributed by atoms with Crippen LogP contribution in [-0.2, 0) is 0 Å². The molecule has 0 amide bonds. The van der Waals surface area contributed by atoms with Crippen molar-refractivity contribution in [1.82, 2.24) is 0 Å². The van der Waals surface area contributed by atoms with Crippen LogP contribution in [-0.4, -0.2) is 17.6 Å². The Balaban J connectivity index is 2.89. The molecular weight excluding hydrogens is 294 g/mol. The van der Waals surface area contributed by atoms with Gasteiger partial charge in [0.05, 0.1) is 5.56 Å². The lowest BCUT2D eigenvalue weighted by atomic mass is 9.81. The van der Waals surface area contributed by atoms with Crippen LogP contribution in [0.1, 0.15) is 38.1 Å². The second kappa shape index (κ2) is 5.74. The van der Waals surface area contributed by atoms with Crippen molar-refractivity contribution in [2.75, 3.05) is 11.9 Å². The molecule has 0 bridgehead atoms. The maximum atomic E-state index is 11.2. The largest absolute Gasteiger partial charge is 0.478 e. The van der Waals surface area contributed by atoms with Crippen LogP contribution in [0.3, 0.4) is 0 Å².